The fourth-order valence-electron chi connectivity index (χ4n) is 4.37. The molecule has 1 fully saturated rings. The van der Waals surface area contributed by atoms with Crippen LogP contribution in [0, 0.1) is 29.9 Å². The van der Waals surface area contributed by atoms with Crippen LogP contribution < -0.4 is 5.56 Å². The lowest BCUT2D eigenvalue weighted by atomic mass is 9.95. The minimum Gasteiger partial charge on any atom is -0.494 e. The van der Waals surface area contributed by atoms with Crippen molar-refractivity contribution in [3.05, 3.63) is 37.5 Å². The molecule has 0 unspecified atom stereocenters. The van der Waals surface area contributed by atoms with Crippen molar-refractivity contribution in [2.75, 3.05) is 0 Å². The van der Waals surface area contributed by atoms with Crippen molar-refractivity contribution in [1.29, 1.82) is 5.26 Å². The van der Waals surface area contributed by atoms with Gasteiger partial charge in [0, 0.05) is 31.0 Å². The Labute approximate surface area is 181 Å². The molecule has 160 valence electrons. The Hall–Kier alpha value is -2.66. The first-order chi connectivity index (χ1) is 14.4. The molecule has 0 amide bonds. The van der Waals surface area contributed by atoms with E-state index >= 15 is 0 Å². The number of hydrogen-bond acceptors (Lipinski definition) is 5. The number of hydrogen-bond donors (Lipinski definition) is 1. The Balaban J connectivity index is 2.20. The van der Waals surface area contributed by atoms with Crippen LogP contribution in [0.2, 0.25) is 0 Å². The van der Waals surface area contributed by atoms with Gasteiger partial charge in [0.25, 0.3) is 5.56 Å². The van der Waals surface area contributed by atoms with Crippen LogP contribution in [0.4, 0.5) is 5.82 Å². The molecule has 0 bridgehead atoms. The zero-order chi connectivity index (χ0) is 22.0. The smallest absolute Gasteiger partial charge is 0.267 e. The van der Waals surface area contributed by atoms with Crippen LogP contribution in [0.5, 0.6) is 5.88 Å². The first-order valence-corrected chi connectivity index (χ1v) is 11.0. The lowest BCUT2D eigenvalue weighted by molar-refractivity contribution is 0.352. The van der Waals surface area contributed by atoms with Gasteiger partial charge in [-0.05, 0) is 58.3 Å². The van der Waals surface area contributed by atoms with Crippen LogP contribution in [0.15, 0.2) is 9.79 Å². The summed E-state index contributed by atoms with van der Waals surface area (Å²) in [7, 11) is 0. The molecule has 0 spiro atoms. The van der Waals surface area contributed by atoms with Crippen molar-refractivity contribution in [2.45, 2.75) is 78.9 Å². The van der Waals surface area contributed by atoms with Crippen LogP contribution in [-0.2, 0) is 13.1 Å². The quantitative estimate of drug-likeness (QED) is 0.555. The number of nitrogens with zero attached hydrogens (tertiary/aromatic N) is 5. The number of aromatic hydroxyl groups is 1. The second-order valence-electron chi connectivity index (χ2n) is 7.75. The van der Waals surface area contributed by atoms with Gasteiger partial charge in [-0.1, -0.05) is 19.3 Å². The number of nitriles is 1. The third-order valence-corrected chi connectivity index (χ3v) is 6.61. The molecule has 1 N–H and O–H groups in total. The van der Waals surface area contributed by atoms with Gasteiger partial charge in [0.1, 0.15) is 11.6 Å². The van der Waals surface area contributed by atoms with Crippen molar-refractivity contribution in [2.24, 2.45) is 4.99 Å². The predicted octanol–water partition coefficient (Wildman–Crippen LogP) is 4.67. The van der Waals surface area contributed by atoms with Gasteiger partial charge in [0.15, 0.2) is 10.6 Å². The average molecular weight is 428 g/mol. The summed E-state index contributed by atoms with van der Waals surface area (Å²) in [4.78, 5) is 17.5. The molecule has 7 nitrogen and oxygen atoms in total. The van der Waals surface area contributed by atoms with E-state index in [9.17, 15) is 15.2 Å². The maximum Gasteiger partial charge on any atom is 0.267 e. The Bertz CT molecular complexity index is 1140. The highest BCUT2D eigenvalue weighted by molar-refractivity contribution is 7.71. The molecule has 0 radical (unpaired) electrons. The summed E-state index contributed by atoms with van der Waals surface area (Å²) in [5.41, 5.74) is 2.17. The third kappa shape index (κ3) is 3.63. The fourth-order valence-corrected chi connectivity index (χ4v) is 4.79. The number of aromatic nitrogens is 3. The summed E-state index contributed by atoms with van der Waals surface area (Å²) in [6.07, 6.45) is 7.04. The van der Waals surface area contributed by atoms with E-state index in [0.29, 0.717) is 30.5 Å². The molecule has 0 aromatic carbocycles. The summed E-state index contributed by atoms with van der Waals surface area (Å²) in [6.45, 7) is 8.48. The minimum absolute atomic E-state index is 0.0860. The van der Waals surface area contributed by atoms with Gasteiger partial charge in [0.2, 0.25) is 5.88 Å². The maximum absolute atomic E-state index is 12.9. The molecule has 0 aliphatic heterocycles. The molecule has 8 heteroatoms. The van der Waals surface area contributed by atoms with E-state index < -0.39 is 0 Å². The lowest BCUT2D eigenvalue weighted by Gasteiger charge is -2.26. The van der Waals surface area contributed by atoms with E-state index in [1.165, 1.54) is 21.8 Å². The van der Waals surface area contributed by atoms with Crippen LogP contribution >= 0.6 is 12.2 Å². The standard InChI is InChI=1S/C22H29N5O2S/c1-5-25-20(28)18(21(29)26(6-2)22(25)30)13-24-19-17(12-23)14(3)15(4)27(19)16-10-8-7-9-11-16/h13,16,28H,5-11H2,1-4H3/b24-13+. The molecule has 0 saturated heterocycles. The third-order valence-electron chi connectivity index (χ3n) is 6.16. The summed E-state index contributed by atoms with van der Waals surface area (Å²) in [5.74, 6) is 0.371. The SMILES string of the molecule is CCn1c(O)c(/C=N/c2c(C#N)c(C)c(C)n2C2CCCCC2)c(=O)n(CC)c1=S. The van der Waals surface area contributed by atoms with E-state index in [1.807, 2.05) is 27.7 Å². The minimum atomic E-state index is -0.379. The average Bonchev–Trinajstić information content (AvgIpc) is 2.98. The van der Waals surface area contributed by atoms with Crippen molar-refractivity contribution < 1.29 is 5.11 Å². The lowest BCUT2D eigenvalue weighted by Crippen LogP contribution is -2.28. The molecule has 30 heavy (non-hydrogen) atoms. The van der Waals surface area contributed by atoms with Crippen molar-refractivity contribution in [1.82, 2.24) is 13.7 Å². The monoisotopic (exact) mass is 427 g/mol. The molecular weight excluding hydrogens is 398 g/mol. The zero-order valence-electron chi connectivity index (χ0n) is 18.1. The first kappa shape index (κ1) is 22.0. The van der Waals surface area contributed by atoms with Gasteiger partial charge in [-0.25, -0.2) is 4.99 Å². The van der Waals surface area contributed by atoms with Crippen molar-refractivity contribution in [3.63, 3.8) is 0 Å². The molecule has 1 saturated carbocycles. The van der Waals surface area contributed by atoms with Gasteiger partial charge in [0.05, 0.1) is 5.56 Å². The summed E-state index contributed by atoms with van der Waals surface area (Å²) in [6, 6.07) is 2.58. The summed E-state index contributed by atoms with van der Waals surface area (Å²) in [5, 5.41) is 20.4. The molecule has 1 aliphatic rings. The van der Waals surface area contributed by atoms with Gasteiger partial charge in [-0.2, -0.15) is 5.26 Å². The van der Waals surface area contributed by atoms with Crippen LogP contribution in [0.25, 0.3) is 0 Å². The van der Waals surface area contributed by atoms with E-state index in [4.69, 9.17) is 12.2 Å². The predicted molar refractivity (Wildman–Crippen MR) is 121 cm³/mol. The highest BCUT2D eigenvalue weighted by atomic mass is 32.1. The van der Waals surface area contributed by atoms with E-state index in [2.05, 4.69) is 15.6 Å². The molecular formula is C22H29N5O2S. The van der Waals surface area contributed by atoms with Crippen LogP contribution in [-0.4, -0.2) is 25.0 Å². The van der Waals surface area contributed by atoms with Gasteiger partial charge in [-0.3, -0.25) is 13.9 Å². The van der Waals surface area contributed by atoms with E-state index in [0.717, 1.165) is 36.9 Å². The molecule has 2 aromatic rings. The summed E-state index contributed by atoms with van der Waals surface area (Å²) < 4.78 is 5.40. The van der Waals surface area contributed by atoms with E-state index in [1.54, 1.807) is 0 Å². The van der Waals surface area contributed by atoms with Crippen molar-refractivity contribution in [3.8, 4) is 11.9 Å². The molecule has 0 atom stereocenters. The number of rotatable bonds is 5. The van der Waals surface area contributed by atoms with Crippen LogP contribution in [0.1, 0.15) is 74.4 Å². The second-order valence-corrected chi connectivity index (χ2v) is 8.12. The topological polar surface area (TPSA) is 88.2 Å². The molecule has 2 heterocycles. The largest absolute Gasteiger partial charge is 0.494 e. The Morgan fingerprint density at radius 3 is 2.40 bits per heavy atom. The maximum atomic E-state index is 12.9. The second kappa shape index (κ2) is 9.00. The Morgan fingerprint density at radius 1 is 1.20 bits per heavy atom. The first-order valence-electron chi connectivity index (χ1n) is 10.6. The number of aliphatic imine (C=N–C) groups is 1. The van der Waals surface area contributed by atoms with Gasteiger partial charge < -0.3 is 9.67 Å². The highest BCUT2D eigenvalue weighted by Crippen LogP contribution is 2.38. The fraction of sp³-hybridized carbons (Fsp3) is 0.545. The molecule has 1 aliphatic carbocycles. The normalized spacial score (nSPS) is 15.0. The zero-order valence-corrected chi connectivity index (χ0v) is 18.9. The molecule has 2 aromatic heterocycles. The highest BCUT2D eigenvalue weighted by Gasteiger charge is 2.25. The summed E-state index contributed by atoms with van der Waals surface area (Å²) >= 11 is 5.34. The van der Waals surface area contributed by atoms with Crippen LogP contribution in [0.3, 0.4) is 0 Å². The molecule has 3 rings (SSSR count). The Morgan fingerprint density at radius 2 is 1.83 bits per heavy atom. The van der Waals surface area contributed by atoms with Gasteiger partial charge in [-0.15, -0.1) is 0 Å². The van der Waals surface area contributed by atoms with E-state index in [-0.39, 0.29) is 21.8 Å². The Kier molecular flexibility index (Phi) is 6.61. The van der Waals surface area contributed by atoms with Crippen molar-refractivity contribution >= 4 is 24.3 Å². The van der Waals surface area contributed by atoms with Gasteiger partial charge >= 0.3 is 0 Å².